The first kappa shape index (κ1) is 26.1. The van der Waals surface area contributed by atoms with E-state index in [0.717, 1.165) is 28.5 Å². The van der Waals surface area contributed by atoms with E-state index in [2.05, 4.69) is 0 Å². The maximum atomic E-state index is 13.9. The lowest BCUT2D eigenvalue weighted by Crippen LogP contribution is -2.51. The van der Waals surface area contributed by atoms with Gasteiger partial charge in [-0.15, -0.1) is 0 Å². The fourth-order valence-electron chi connectivity index (χ4n) is 4.61. The second-order valence-electron chi connectivity index (χ2n) is 8.53. The zero-order valence-corrected chi connectivity index (χ0v) is 21.6. The molecular weight excluding hydrogens is 537 g/mol. The van der Waals surface area contributed by atoms with Crippen LogP contribution in [0.5, 0.6) is 0 Å². The number of carbonyl (C=O) groups excluding carboxylic acids is 2. The molecule has 1 saturated carbocycles. The van der Waals surface area contributed by atoms with Gasteiger partial charge in [0.1, 0.15) is 10.9 Å². The molecule has 0 spiro atoms. The third kappa shape index (κ3) is 5.11. The zero-order valence-electron chi connectivity index (χ0n) is 18.4. The molecule has 2 amide bonds. The molecule has 13 heteroatoms. The van der Waals surface area contributed by atoms with Crippen molar-refractivity contribution in [2.45, 2.75) is 60.4 Å². The number of anilines is 1. The second kappa shape index (κ2) is 9.79. The Hall–Kier alpha value is -2.02. The Kier molecular flexibility index (Phi) is 7.29. The number of sulfonamides is 2. The highest BCUT2D eigenvalue weighted by Crippen LogP contribution is 2.37. The molecule has 1 unspecified atom stereocenters. The molecule has 1 atom stereocenters. The summed E-state index contributed by atoms with van der Waals surface area (Å²) in [6.07, 6.45) is 3.24. The van der Waals surface area contributed by atoms with Crippen molar-refractivity contribution in [3.8, 4) is 0 Å². The first-order valence-electron chi connectivity index (χ1n) is 10.9. The van der Waals surface area contributed by atoms with Gasteiger partial charge in [0.25, 0.3) is 5.91 Å². The van der Waals surface area contributed by atoms with E-state index in [1.54, 1.807) is 0 Å². The first-order chi connectivity index (χ1) is 16.4. The summed E-state index contributed by atoms with van der Waals surface area (Å²) in [5.41, 5.74) is 0.122. The van der Waals surface area contributed by atoms with Crippen molar-refractivity contribution >= 4 is 60.8 Å². The SMILES string of the molecule is NS(=O)(=O)c1ccc(N2C(=O)CC(N(C3CCCCC3)S(=O)(=O)c3cc(Cl)ccc3Cl)C2=O)cc1. The van der Waals surface area contributed by atoms with Crippen molar-refractivity contribution in [1.29, 1.82) is 0 Å². The van der Waals surface area contributed by atoms with Gasteiger partial charge in [-0.25, -0.2) is 26.9 Å². The van der Waals surface area contributed by atoms with Gasteiger partial charge in [0.2, 0.25) is 26.0 Å². The number of nitrogens with zero attached hydrogens (tertiary/aromatic N) is 2. The number of hydrogen-bond acceptors (Lipinski definition) is 6. The minimum Gasteiger partial charge on any atom is -0.274 e. The molecule has 0 bridgehead atoms. The Bertz CT molecular complexity index is 1370. The molecule has 0 aromatic heterocycles. The van der Waals surface area contributed by atoms with E-state index >= 15 is 0 Å². The molecule has 1 saturated heterocycles. The number of hydrogen-bond donors (Lipinski definition) is 1. The third-order valence-electron chi connectivity index (χ3n) is 6.24. The molecular formula is C22H23Cl2N3O6S2. The maximum absolute atomic E-state index is 13.9. The van der Waals surface area contributed by atoms with Crippen molar-refractivity contribution in [2.75, 3.05) is 4.90 Å². The van der Waals surface area contributed by atoms with E-state index < -0.39 is 43.9 Å². The standard InChI is InChI=1S/C22H23Cl2N3O6S2/c23-14-6-11-18(24)20(12-14)35(32,33)27(16-4-2-1-3-5-16)19-13-21(28)26(22(19)29)15-7-9-17(10-8-15)34(25,30)31/h6-12,16,19H,1-5,13H2,(H2,25,30,31). The van der Waals surface area contributed by atoms with Crippen molar-refractivity contribution in [1.82, 2.24) is 4.31 Å². The van der Waals surface area contributed by atoms with Gasteiger partial charge in [-0.2, -0.15) is 4.31 Å². The average Bonchev–Trinajstić information content (AvgIpc) is 3.09. The van der Waals surface area contributed by atoms with Crippen LogP contribution >= 0.6 is 23.2 Å². The van der Waals surface area contributed by atoms with Gasteiger partial charge in [-0.05, 0) is 55.3 Å². The van der Waals surface area contributed by atoms with Crippen molar-refractivity contribution < 1.29 is 26.4 Å². The number of imide groups is 1. The van der Waals surface area contributed by atoms with Crippen LogP contribution in [-0.4, -0.2) is 45.0 Å². The molecule has 2 aromatic carbocycles. The van der Waals surface area contributed by atoms with Gasteiger partial charge >= 0.3 is 0 Å². The monoisotopic (exact) mass is 559 g/mol. The summed E-state index contributed by atoms with van der Waals surface area (Å²) in [5.74, 6) is -1.32. The van der Waals surface area contributed by atoms with Crippen molar-refractivity contribution in [2.24, 2.45) is 5.14 Å². The van der Waals surface area contributed by atoms with Gasteiger partial charge in [0.15, 0.2) is 0 Å². The van der Waals surface area contributed by atoms with Gasteiger partial charge in [-0.1, -0.05) is 42.5 Å². The summed E-state index contributed by atoms with van der Waals surface area (Å²) in [5, 5.41) is 5.25. The quantitative estimate of drug-likeness (QED) is 0.539. The van der Waals surface area contributed by atoms with E-state index in [4.69, 9.17) is 28.3 Å². The van der Waals surface area contributed by atoms with Crippen molar-refractivity contribution in [3.05, 3.63) is 52.5 Å². The summed E-state index contributed by atoms with van der Waals surface area (Å²) in [4.78, 5) is 26.9. The molecule has 188 valence electrons. The van der Waals surface area contributed by atoms with E-state index in [1.807, 2.05) is 0 Å². The third-order valence-corrected chi connectivity index (χ3v) is 9.84. The largest absolute Gasteiger partial charge is 0.274 e. The average molecular weight is 560 g/mol. The second-order valence-corrected chi connectivity index (χ2v) is 12.7. The van der Waals surface area contributed by atoms with Crippen LogP contribution in [0.25, 0.3) is 0 Å². The first-order valence-corrected chi connectivity index (χ1v) is 14.6. The topological polar surface area (TPSA) is 135 Å². The van der Waals surface area contributed by atoms with E-state index in [-0.39, 0.29) is 31.9 Å². The van der Waals surface area contributed by atoms with Crippen LogP contribution in [0.15, 0.2) is 52.3 Å². The highest BCUT2D eigenvalue weighted by atomic mass is 35.5. The molecule has 2 aromatic rings. The lowest BCUT2D eigenvalue weighted by Gasteiger charge is -2.36. The Morgan fingerprint density at radius 1 is 0.914 bits per heavy atom. The predicted molar refractivity (Wildman–Crippen MR) is 131 cm³/mol. The minimum atomic E-state index is -4.30. The highest BCUT2D eigenvalue weighted by molar-refractivity contribution is 7.89. The molecule has 1 aliphatic carbocycles. The van der Waals surface area contributed by atoms with Crippen LogP contribution in [0, 0.1) is 0 Å². The van der Waals surface area contributed by atoms with Gasteiger partial charge < -0.3 is 0 Å². The summed E-state index contributed by atoms with van der Waals surface area (Å²) in [6.45, 7) is 0. The Balaban J connectivity index is 1.75. The molecule has 1 heterocycles. The van der Waals surface area contributed by atoms with E-state index in [9.17, 15) is 26.4 Å². The zero-order chi connectivity index (χ0) is 25.5. The van der Waals surface area contributed by atoms with Crippen LogP contribution in [-0.2, 0) is 29.6 Å². The molecule has 2 N–H and O–H groups in total. The molecule has 0 radical (unpaired) electrons. The van der Waals surface area contributed by atoms with Gasteiger partial charge in [0, 0.05) is 11.1 Å². The van der Waals surface area contributed by atoms with Crippen LogP contribution in [0.2, 0.25) is 10.0 Å². The number of nitrogens with two attached hydrogens (primary N) is 1. The summed E-state index contributed by atoms with van der Waals surface area (Å²) >= 11 is 12.3. The fraction of sp³-hybridized carbons (Fsp3) is 0.364. The van der Waals surface area contributed by atoms with Crippen LogP contribution < -0.4 is 10.0 Å². The van der Waals surface area contributed by atoms with E-state index in [1.165, 1.54) is 42.5 Å². The molecule has 2 fully saturated rings. The fourth-order valence-corrected chi connectivity index (χ4v) is 7.70. The molecule has 9 nitrogen and oxygen atoms in total. The Morgan fingerprint density at radius 2 is 1.54 bits per heavy atom. The van der Waals surface area contributed by atoms with Crippen LogP contribution in [0.1, 0.15) is 38.5 Å². The maximum Gasteiger partial charge on any atom is 0.252 e. The summed E-state index contributed by atoms with van der Waals surface area (Å²) in [6, 6.07) is 7.23. The molecule has 4 rings (SSSR count). The number of carbonyl (C=O) groups is 2. The Morgan fingerprint density at radius 3 is 2.14 bits per heavy atom. The summed E-state index contributed by atoms with van der Waals surface area (Å²) in [7, 11) is -8.27. The Labute approximate surface area is 213 Å². The molecule has 1 aliphatic heterocycles. The number of amides is 2. The van der Waals surface area contributed by atoms with Crippen LogP contribution in [0.4, 0.5) is 5.69 Å². The number of rotatable bonds is 6. The lowest BCUT2D eigenvalue weighted by molar-refractivity contribution is -0.122. The smallest absolute Gasteiger partial charge is 0.252 e. The number of primary sulfonamides is 1. The normalized spacial score (nSPS) is 20.1. The van der Waals surface area contributed by atoms with E-state index in [0.29, 0.717) is 12.8 Å². The predicted octanol–water partition coefficient (Wildman–Crippen LogP) is 3.30. The minimum absolute atomic E-state index is 0.0394. The lowest BCUT2D eigenvalue weighted by atomic mass is 9.94. The highest BCUT2D eigenvalue weighted by Gasteiger charge is 2.49. The molecule has 2 aliphatic rings. The van der Waals surface area contributed by atoms with Crippen molar-refractivity contribution in [3.63, 3.8) is 0 Å². The number of halogens is 2. The molecule has 35 heavy (non-hydrogen) atoms. The number of benzene rings is 2. The summed E-state index contributed by atoms with van der Waals surface area (Å²) < 4.78 is 51.9. The van der Waals surface area contributed by atoms with Gasteiger partial charge in [0.05, 0.1) is 22.0 Å². The van der Waals surface area contributed by atoms with Crippen LogP contribution in [0.3, 0.4) is 0 Å². The van der Waals surface area contributed by atoms with Gasteiger partial charge in [-0.3, -0.25) is 9.59 Å².